The summed E-state index contributed by atoms with van der Waals surface area (Å²) in [7, 11) is 0. The molecule has 0 aromatic heterocycles. The van der Waals surface area contributed by atoms with Crippen LogP contribution in [0.15, 0.2) is 0 Å². The molecule has 0 aromatic rings. The van der Waals surface area contributed by atoms with Gasteiger partial charge in [-0.1, -0.05) is 12.8 Å². The number of amides is 1. The van der Waals surface area contributed by atoms with E-state index in [1.165, 1.54) is 58.2 Å². The van der Waals surface area contributed by atoms with E-state index in [1.807, 2.05) is 0 Å². The molecule has 2 saturated carbocycles. The SMILES string of the molecule is O=C1N(CCCN2CCCC2)C(C2CCCC2)NC12CC2. The predicted octanol–water partition coefficient (Wildman–Crippen LogP) is 1.95. The van der Waals surface area contributed by atoms with E-state index >= 15 is 0 Å². The summed E-state index contributed by atoms with van der Waals surface area (Å²) in [6.45, 7) is 4.67. The van der Waals surface area contributed by atoms with Crippen molar-refractivity contribution in [3.63, 3.8) is 0 Å². The summed E-state index contributed by atoms with van der Waals surface area (Å²) in [5.41, 5.74) is -0.124. The standard InChI is InChI=1S/C17H29N3O/c21-16-17(8-9-17)18-15(14-6-1-2-7-14)20(16)13-5-12-19-10-3-4-11-19/h14-15,18H,1-13H2. The van der Waals surface area contributed by atoms with Crippen molar-refractivity contribution < 1.29 is 4.79 Å². The topological polar surface area (TPSA) is 35.6 Å². The van der Waals surface area contributed by atoms with E-state index in [9.17, 15) is 4.79 Å². The van der Waals surface area contributed by atoms with Crippen LogP contribution in [-0.4, -0.2) is 53.6 Å². The van der Waals surface area contributed by atoms with Gasteiger partial charge in [-0.25, -0.2) is 0 Å². The van der Waals surface area contributed by atoms with Gasteiger partial charge in [0.1, 0.15) is 0 Å². The summed E-state index contributed by atoms with van der Waals surface area (Å²) in [5.74, 6) is 1.13. The Morgan fingerprint density at radius 1 is 1.05 bits per heavy atom. The van der Waals surface area contributed by atoms with Gasteiger partial charge in [-0.2, -0.15) is 0 Å². The second kappa shape index (κ2) is 5.54. The smallest absolute Gasteiger partial charge is 0.244 e. The zero-order valence-electron chi connectivity index (χ0n) is 13.1. The van der Waals surface area contributed by atoms with Gasteiger partial charge < -0.3 is 9.80 Å². The molecule has 1 N–H and O–H groups in total. The van der Waals surface area contributed by atoms with Crippen molar-refractivity contribution in [3.05, 3.63) is 0 Å². The summed E-state index contributed by atoms with van der Waals surface area (Å²) in [4.78, 5) is 17.5. The van der Waals surface area contributed by atoms with Crippen LogP contribution in [0.5, 0.6) is 0 Å². The molecule has 4 rings (SSSR count). The van der Waals surface area contributed by atoms with Crippen molar-refractivity contribution in [2.45, 2.75) is 69.5 Å². The lowest BCUT2D eigenvalue weighted by Crippen LogP contribution is -2.43. The minimum atomic E-state index is -0.124. The van der Waals surface area contributed by atoms with Gasteiger partial charge in [0.05, 0.1) is 11.7 Å². The van der Waals surface area contributed by atoms with Gasteiger partial charge in [0.15, 0.2) is 0 Å². The first kappa shape index (κ1) is 14.0. The Bertz CT molecular complexity index is 395. The van der Waals surface area contributed by atoms with Crippen LogP contribution < -0.4 is 5.32 Å². The lowest BCUT2D eigenvalue weighted by Gasteiger charge is -2.29. The van der Waals surface area contributed by atoms with Crippen LogP contribution in [0.2, 0.25) is 0 Å². The Balaban J connectivity index is 1.36. The summed E-state index contributed by atoms with van der Waals surface area (Å²) in [6, 6.07) is 0. The minimum absolute atomic E-state index is 0.124. The van der Waals surface area contributed by atoms with Gasteiger partial charge in [-0.15, -0.1) is 0 Å². The molecule has 0 radical (unpaired) electrons. The molecule has 4 fully saturated rings. The fraction of sp³-hybridized carbons (Fsp3) is 0.941. The Kier molecular flexibility index (Phi) is 3.70. The molecule has 4 heteroatoms. The second-order valence-electron chi connectivity index (χ2n) is 7.62. The molecule has 1 amide bonds. The molecule has 4 aliphatic rings. The Morgan fingerprint density at radius 2 is 1.76 bits per heavy atom. The number of hydrogen-bond donors (Lipinski definition) is 1. The fourth-order valence-electron chi connectivity index (χ4n) is 4.66. The molecule has 2 aliphatic heterocycles. The third-order valence-electron chi connectivity index (χ3n) is 6.10. The van der Waals surface area contributed by atoms with E-state index in [0.29, 0.717) is 18.0 Å². The lowest BCUT2D eigenvalue weighted by molar-refractivity contribution is -0.131. The van der Waals surface area contributed by atoms with E-state index < -0.39 is 0 Å². The largest absolute Gasteiger partial charge is 0.325 e. The first-order valence-electron chi connectivity index (χ1n) is 9.10. The van der Waals surface area contributed by atoms with Crippen LogP contribution in [0, 0.1) is 5.92 Å². The number of nitrogens with zero attached hydrogens (tertiary/aromatic N) is 2. The van der Waals surface area contributed by atoms with Crippen molar-refractivity contribution in [1.29, 1.82) is 0 Å². The normalized spacial score (nSPS) is 32.7. The van der Waals surface area contributed by atoms with Crippen molar-refractivity contribution in [2.75, 3.05) is 26.2 Å². The average Bonchev–Trinajstić information content (AvgIpc) is 2.92. The minimum Gasteiger partial charge on any atom is -0.325 e. The molecular weight excluding hydrogens is 262 g/mol. The molecule has 1 atom stereocenters. The average molecular weight is 291 g/mol. The molecule has 118 valence electrons. The molecule has 0 aromatic carbocycles. The molecule has 2 aliphatic carbocycles. The van der Waals surface area contributed by atoms with Crippen LogP contribution in [0.1, 0.15) is 57.8 Å². The van der Waals surface area contributed by atoms with Crippen LogP contribution in [0.3, 0.4) is 0 Å². The van der Waals surface area contributed by atoms with E-state index in [0.717, 1.165) is 25.8 Å². The van der Waals surface area contributed by atoms with Crippen LogP contribution in [-0.2, 0) is 4.79 Å². The van der Waals surface area contributed by atoms with Gasteiger partial charge >= 0.3 is 0 Å². The zero-order chi connectivity index (χ0) is 14.3. The van der Waals surface area contributed by atoms with Crippen molar-refractivity contribution in [2.24, 2.45) is 5.92 Å². The highest BCUT2D eigenvalue weighted by Gasteiger charge is 2.60. The predicted molar refractivity (Wildman–Crippen MR) is 82.9 cm³/mol. The van der Waals surface area contributed by atoms with Crippen LogP contribution >= 0.6 is 0 Å². The quantitative estimate of drug-likeness (QED) is 0.841. The van der Waals surface area contributed by atoms with E-state index in [1.54, 1.807) is 0 Å². The molecule has 1 spiro atoms. The van der Waals surface area contributed by atoms with Crippen molar-refractivity contribution in [3.8, 4) is 0 Å². The van der Waals surface area contributed by atoms with E-state index in [-0.39, 0.29) is 5.54 Å². The van der Waals surface area contributed by atoms with Crippen LogP contribution in [0.4, 0.5) is 0 Å². The zero-order valence-corrected chi connectivity index (χ0v) is 13.1. The highest BCUT2D eigenvalue weighted by atomic mass is 16.2. The van der Waals surface area contributed by atoms with Gasteiger partial charge in [-0.05, 0) is 70.5 Å². The number of rotatable bonds is 5. The maximum absolute atomic E-state index is 12.7. The first-order chi connectivity index (χ1) is 10.3. The third kappa shape index (κ3) is 2.61. The summed E-state index contributed by atoms with van der Waals surface area (Å²) >= 11 is 0. The molecule has 2 saturated heterocycles. The van der Waals surface area contributed by atoms with E-state index in [2.05, 4.69) is 15.1 Å². The van der Waals surface area contributed by atoms with Gasteiger partial charge in [0, 0.05) is 6.54 Å². The molecule has 21 heavy (non-hydrogen) atoms. The summed E-state index contributed by atoms with van der Waals surface area (Å²) < 4.78 is 0. The highest BCUT2D eigenvalue weighted by Crippen LogP contribution is 2.45. The third-order valence-corrected chi connectivity index (χ3v) is 6.10. The number of nitrogens with one attached hydrogen (secondary N) is 1. The van der Waals surface area contributed by atoms with Crippen molar-refractivity contribution >= 4 is 5.91 Å². The molecule has 0 bridgehead atoms. The molecule has 2 heterocycles. The number of carbonyl (C=O) groups excluding carboxylic acids is 1. The Labute approximate surface area is 128 Å². The maximum atomic E-state index is 12.7. The summed E-state index contributed by atoms with van der Waals surface area (Å²) in [5, 5.41) is 3.72. The number of carbonyl (C=O) groups is 1. The number of likely N-dealkylation sites (tertiary alicyclic amines) is 1. The lowest BCUT2D eigenvalue weighted by atomic mass is 10.0. The monoisotopic (exact) mass is 291 g/mol. The van der Waals surface area contributed by atoms with Gasteiger partial charge in [0.25, 0.3) is 0 Å². The Morgan fingerprint density at radius 3 is 2.43 bits per heavy atom. The van der Waals surface area contributed by atoms with Crippen molar-refractivity contribution in [1.82, 2.24) is 15.1 Å². The number of hydrogen-bond acceptors (Lipinski definition) is 3. The van der Waals surface area contributed by atoms with E-state index in [4.69, 9.17) is 0 Å². The van der Waals surface area contributed by atoms with Gasteiger partial charge in [0.2, 0.25) is 5.91 Å². The summed E-state index contributed by atoms with van der Waals surface area (Å²) in [6.07, 6.45) is 11.7. The fourth-order valence-corrected chi connectivity index (χ4v) is 4.66. The molecule has 1 unspecified atom stereocenters. The van der Waals surface area contributed by atoms with Gasteiger partial charge in [-0.3, -0.25) is 10.1 Å². The second-order valence-corrected chi connectivity index (χ2v) is 7.62. The maximum Gasteiger partial charge on any atom is 0.244 e. The molecular formula is C17H29N3O. The Hall–Kier alpha value is -0.610. The molecule has 4 nitrogen and oxygen atoms in total. The first-order valence-corrected chi connectivity index (χ1v) is 9.10. The highest BCUT2D eigenvalue weighted by molar-refractivity contribution is 5.91. The van der Waals surface area contributed by atoms with Crippen LogP contribution in [0.25, 0.3) is 0 Å².